The van der Waals surface area contributed by atoms with Crippen molar-refractivity contribution in [1.29, 1.82) is 0 Å². The van der Waals surface area contributed by atoms with E-state index >= 15 is 0 Å². The van der Waals surface area contributed by atoms with Crippen LogP contribution in [0.25, 0.3) is 0 Å². The van der Waals surface area contributed by atoms with Crippen molar-refractivity contribution in [2.45, 2.75) is 26.4 Å². The SMILES string of the molecule is C/C=C/C(=O)NCC(O)CC. The van der Waals surface area contributed by atoms with E-state index in [0.717, 1.165) is 0 Å². The number of allylic oxidation sites excluding steroid dienone is 1. The molecule has 0 aromatic carbocycles. The minimum absolute atomic E-state index is 0.153. The fourth-order valence-electron chi connectivity index (χ4n) is 0.573. The number of aliphatic hydroxyl groups excluding tert-OH is 1. The van der Waals surface area contributed by atoms with Crippen molar-refractivity contribution in [3.63, 3.8) is 0 Å². The molecule has 0 saturated heterocycles. The topological polar surface area (TPSA) is 49.3 Å². The highest BCUT2D eigenvalue weighted by atomic mass is 16.3. The monoisotopic (exact) mass is 157 g/mol. The van der Waals surface area contributed by atoms with Crippen molar-refractivity contribution in [2.24, 2.45) is 0 Å². The molecule has 1 atom stereocenters. The Morgan fingerprint density at radius 3 is 2.82 bits per heavy atom. The van der Waals surface area contributed by atoms with Gasteiger partial charge in [0, 0.05) is 6.54 Å². The van der Waals surface area contributed by atoms with Crippen molar-refractivity contribution in [1.82, 2.24) is 5.32 Å². The number of hydrogen-bond donors (Lipinski definition) is 2. The molecule has 0 fully saturated rings. The second kappa shape index (κ2) is 5.92. The van der Waals surface area contributed by atoms with Crippen LogP contribution in [0.4, 0.5) is 0 Å². The van der Waals surface area contributed by atoms with Gasteiger partial charge in [0.1, 0.15) is 0 Å². The second-order valence-corrected chi connectivity index (χ2v) is 2.31. The summed E-state index contributed by atoms with van der Waals surface area (Å²) in [5, 5.41) is 11.6. The summed E-state index contributed by atoms with van der Waals surface area (Å²) < 4.78 is 0. The standard InChI is InChI=1S/C8H15NO2/c1-3-5-8(11)9-6-7(10)4-2/h3,5,7,10H,4,6H2,1-2H3,(H,9,11)/b5-3+. The van der Waals surface area contributed by atoms with Crippen LogP contribution in [0.3, 0.4) is 0 Å². The lowest BCUT2D eigenvalue weighted by Gasteiger charge is -2.06. The summed E-state index contributed by atoms with van der Waals surface area (Å²) in [6.45, 7) is 3.97. The van der Waals surface area contributed by atoms with Gasteiger partial charge in [-0.1, -0.05) is 13.0 Å². The molecule has 0 spiro atoms. The summed E-state index contributed by atoms with van der Waals surface area (Å²) in [4.78, 5) is 10.8. The van der Waals surface area contributed by atoms with Gasteiger partial charge < -0.3 is 10.4 Å². The molecular weight excluding hydrogens is 142 g/mol. The van der Waals surface area contributed by atoms with E-state index < -0.39 is 6.10 Å². The van der Waals surface area contributed by atoms with Gasteiger partial charge in [-0.2, -0.15) is 0 Å². The first-order valence-corrected chi connectivity index (χ1v) is 3.79. The van der Waals surface area contributed by atoms with Crippen LogP contribution in [-0.2, 0) is 4.79 Å². The van der Waals surface area contributed by atoms with Gasteiger partial charge in [-0.15, -0.1) is 0 Å². The summed E-state index contributed by atoms with van der Waals surface area (Å²) in [5.74, 6) is -0.153. The molecule has 11 heavy (non-hydrogen) atoms. The number of nitrogens with one attached hydrogen (secondary N) is 1. The number of hydrogen-bond acceptors (Lipinski definition) is 2. The summed E-state index contributed by atoms with van der Waals surface area (Å²) in [7, 11) is 0. The molecule has 0 aliphatic heterocycles. The molecule has 3 heteroatoms. The number of carbonyl (C=O) groups excluding carboxylic acids is 1. The van der Waals surface area contributed by atoms with E-state index in [4.69, 9.17) is 5.11 Å². The highest BCUT2D eigenvalue weighted by Gasteiger charge is 2.00. The maximum Gasteiger partial charge on any atom is 0.243 e. The molecule has 0 radical (unpaired) electrons. The normalized spacial score (nSPS) is 13.4. The molecule has 0 rings (SSSR count). The minimum atomic E-state index is -0.427. The van der Waals surface area contributed by atoms with E-state index in [2.05, 4.69) is 5.32 Å². The van der Waals surface area contributed by atoms with Crippen molar-refractivity contribution < 1.29 is 9.90 Å². The first-order chi connectivity index (χ1) is 5.20. The van der Waals surface area contributed by atoms with E-state index in [1.54, 1.807) is 13.0 Å². The van der Waals surface area contributed by atoms with E-state index in [9.17, 15) is 4.79 Å². The molecule has 0 aromatic heterocycles. The smallest absolute Gasteiger partial charge is 0.243 e. The Hall–Kier alpha value is -0.830. The van der Waals surface area contributed by atoms with Gasteiger partial charge in [-0.25, -0.2) is 0 Å². The Kier molecular flexibility index (Phi) is 5.47. The third-order valence-corrected chi connectivity index (χ3v) is 1.30. The summed E-state index contributed by atoms with van der Waals surface area (Å²) in [6, 6.07) is 0. The van der Waals surface area contributed by atoms with Crippen molar-refractivity contribution >= 4 is 5.91 Å². The average Bonchev–Trinajstić information content (AvgIpc) is 2.01. The van der Waals surface area contributed by atoms with Crippen LogP contribution in [0.2, 0.25) is 0 Å². The Balaban J connectivity index is 3.45. The van der Waals surface area contributed by atoms with Crippen molar-refractivity contribution in [3.8, 4) is 0 Å². The van der Waals surface area contributed by atoms with Gasteiger partial charge in [0.25, 0.3) is 0 Å². The molecule has 0 heterocycles. The highest BCUT2D eigenvalue weighted by molar-refractivity contribution is 5.87. The number of carbonyl (C=O) groups is 1. The predicted molar refractivity (Wildman–Crippen MR) is 44.1 cm³/mol. The molecule has 0 aromatic rings. The summed E-state index contributed by atoms with van der Waals surface area (Å²) in [6.07, 6.45) is 3.33. The van der Waals surface area contributed by atoms with Crippen LogP contribution < -0.4 is 5.32 Å². The third kappa shape index (κ3) is 5.61. The third-order valence-electron chi connectivity index (χ3n) is 1.30. The molecule has 2 N–H and O–H groups in total. The fourth-order valence-corrected chi connectivity index (χ4v) is 0.573. The zero-order valence-corrected chi connectivity index (χ0v) is 7.00. The van der Waals surface area contributed by atoms with Gasteiger partial charge in [-0.3, -0.25) is 4.79 Å². The maximum atomic E-state index is 10.8. The van der Waals surface area contributed by atoms with Gasteiger partial charge in [0.15, 0.2) is 0 Å². The summed E-state index contributed by atoms with van der Waals surface area (Å²) >= 11 is 0. The molecule has 0 aliphatic rings. The predicted octanol–water partition coefficient (Wildman–Crippen LogP) is 0.450. The maximum absolute atomic E-state index is 10.8. The van der Waals surface area contributed by atoms with E-state index in [-0.39, 0.29) is 5.91 Å². The summed E-state index contributed by atoms with van der Waals surface area (Å²) in [5.41, 5.74) is 0. The quantitative estimate of drug-likeness (QED) is 0.582. The highest BCUT2D eigenvalue weighted by Crippen LogP contribution is 1.86. The van der Waals surface area contributed by atoms with Gasteiger partial charge in [-0.05, 0) is 19.4 Å². The first-order valence-electron chi connectivity index (χ1n) is 3.79. The zero-order chi connectivity index (χ0) is 8.69. The fraction of sp³-hybridized carbons (Fsp3) is 0.625. The van der Waals surface area contributed by atoms with Crippen LogP contribution in [0, 0.1) is 0 Å². The number of aliphatic hydroxyl groups is 1. The largest absolute Gasteiger partial charge is 0.391 e. The molecule has 64 valence electrons. The number of rotatable bonds is 4. The average molecular weight is 157 g/mol. The molecular formula is C8H15NO2. The molecule has 0 aliphatic carbocycles. The van der Waals surface area contributed by atoms with Crippen LogP contribution in [0.5, 0.6) is 0 Å². The van der Waals surface area contributed by atoms with Crippen LogP contribution in [0.1, 0.15) is 20.3 Å². The Morgan fingerprint density at radius 1 is 1.73 bits per heavy atom. The lowest BCUT2D eigenvalue weighted by atomic mass is 10.3. The van der Waals surface area contributed by atoms with Crippen LogP contribution in [-0.4, -0.2) is 23.7 Å². The van der Waals surface area contributed by atoms with E-state index in [0.29, 0.717) is 13.0 Å². The molecule has 0 bridgehead atoms. The van der Waals surface area contributed by atoms with E-state index in [1.165, 1.54) is 6.08 Å². The lowest BCUT2D eigenvalue weighted by molar-refractivity contribution is -0.116. The van der Waals surface area contributed by atoms with Crippen molar-refractivity contribution in [3.05, 3.63) is 12.2 Å². The lowest BCUT2D eigenvalue weighted by Crippen LogP contribution is -2.30. The minimum Gasteiger partial charge on any atom is -0.391 e. The second-order valence-electron chi connectivity index (χ2n) is 2.31. The molecule has 3 nitrogen and oxygen atoms in total. The van der Waals surface area contributed by atoms with Gasteiger partial charge >= 0.3 is 0 Å². The van der Waals surface area contributed by atoms with Crippen LogP contribution in [0.15, 0.2) is 12.2 Å². The number of amides is 1. The van der Waals surface area contributed by atoms with Gasteiger partial charge in [0.2, 0.25) is 5.91 Å². The Bertz CT molecular complexity index is 143. The Morgan fingerprint density at radius 2 is 2.36 bits per heavy atom. The first kappa shape index (κ1) is 10.2. The van der Waals surface area contributed by atoms with Crippen LogP contribution >= 0.6 is 0 Å². The molecule has 0 saturated carbocycles. The van der Waals surface area contributed by atoms with Gasteiger partial charge in [0.05, 0.1) is 6.10 Å². The van der Waals surface area contributed by atoms with E-state index in [1.807, 2.05) is 6.92 Å². The molecule has 1 amide bonds. The zero-order valence-electron chi connectivity index (χ0n) is 7.00. The Labute approximate surface area is 67.1 Å². The molecule has 1 unspecified atom stereocenters. The van der Waals surface area contributed by atoms with Crippen molar-refractivity contribution in [2.75, 3.05) is 6.54 Å².